The maximum atomic E-state index is 12.6. The molecule has 29 heavy (non-hydrogen) atoms. The van der Waals surface area contributed by atoms with E-state index in [0.29, 0.717) is 30.9 Å². The lowest BCUT2D eigenvalue weighted by atomic mass is 10.0. The molecule has 0 bridgehead atoms. The van der Waals surface area contributed by atoms with Crippen LogP contribution in [0.3, 0.4) is 0 Å². The Morgan fingerprint density at radius 1 is 1.14 bits per heavy atom. The lowest BCUT2D eigenvalue weighted by Gasteiger charge is -2.24. The van der Waals surface area contributed by atoms with Gasteiger partial charge in [0.1, 0.15) is 5.69 Å². The second-order valence-electron chi connectivity index (χ2n) is 7.13. The van der Waals surface area contributed by atoms with Gasteiger partial charge in [0, 0.05) is 37.8 Å². The summed E-state index contributed by atoms with van der Waals surface area (Å²) in [4.78, 5) is 26.6. The highest BCUT2D eigenvalue weighted by molar-refractivity contribution is 5.96. The Hall–Kier alpha value is -3.45. The van der Waals surface area contributed by atoms with Crippen LogP contribution in [0.1, 0.15) is 32.0 Å². The van der Waals surface area contributed by atoms with Crippen molar-refractivity contribution < 1.29 is 9.59 Å². The van der Waals surface area contributed by atoms with Crippen LogP contribution in [0.15, 0.2) is 54.7 Å². The molecule has 0 atom stereocenters. The summed E-state index contributed by atoms with van der Waals surface area (Å²) in [6.45, 7) is 2.05. The van der Waals surface area contributed by atoms with Crippen LogP contribution in [0.2, 0.25) is 0 Å². The van der Waals surface area contributed by atoms with Crippen LogP contribution >= 0.6 is 0 Å². The number of nitrogens with two attached hydrogens (primary N) is 1. The first-order valence-electron chi connectivity index (χ1n) is 9.54. The fraction of sp³-hybridized carbons (Fsp3) is 0.227. The summed E-state index contributed by atoms with van der Waals surface area (Å²) in [5, 5.41) is 7.15. The number of rotatable bonds is 5. The molecule has 0 saturated carbocycles. The molecule has 3 N–H and O–H groups in total. The van der Waals surface area contributed by atoms with Gasteiger partial charge in [-0.1, -0.05) is 30.3 Å². The molecule has 3 aromatic rings. The van der Waals surface area contributed by atoms with Gasteiger partial charge >= 0.3 is 0 Å². The van der Waals surface area contributed by atoms with E-state index in [1.807, 2.05) is 36.4 Å². The molecule has 0 spiro atoms. The molecule has 0 saturated heterocycles. The van der Waals surface area contributed by atoms with Crippen LogP contribution in [0.5, 0.6) is 0 Å². The molecular weight excluding hydrogens is 366 g/mol. The quantitative estimate of drug-likeness (QED) is 0.698. The largest absolute Gasteiger partial charge is 0.348 e. The minimum atomic E-state index is -0.191. The molecule has 4 rings (SSSR count). The second-order valence-corrected chi connectivity index (χ2v) is 7.13. The van der Waals surface area contributed by atoms with E-state index in [1.54, 1.807) is 35.0 Å². The number of carbonyl (C=O) groups is 2. The Morgan fingerprint density at radius 2 is 1.93 bits per heavy atom. The number of aromatic nitrogens is 2. The Labute approximate surface area is 169 Å². The number of likely N-dealkylation sites (N-methyl/N-ethyl adjacent to an activating group) is 1. The lowest BCUT2D eigenvalue weighted by molar-refractivity contribution is 0.0740. The van der Waals surface area contributed by atoms with Gasteiger partial charge in [-0.15, -0.1) is 0 Å². The highest BCUT2D eigenvalue weighted by Crippen LogP contribution is 2.21. The van der Waals surface area contributed by atoms with Crippen LogP contribution in [0.25, 0.3) is 11.1 Å². The van der Waals surface area contributed by atoms with Crippen LogP contribution < -0.4 is 11.1 Å². The predicted molar refractivity (Wildman–Crippen MR) is 110 cm³/mol. The van der Waals surface area contributed by atoms with E-state index >= 15 is 0 Å². The number of hydrogen-bond donors (Lipinski definition) is 2. The highest BCUT2D eigenvalue weighted by atomic mass is 16.2. The third-order valence-corrected chi connectivity index (χ3v) is 5.19. The summed E-state index contributed by atoms with van der Waals surface area (Å²) >= 11 is 0. The van der Waals surface area contributed by atoms with Crippen molar-refractivity contribution in [1.29, 1.82) is 0 Å². The fourth-order valence-electron chi connectivity index (χ4n) is 3.47. The average Bonchev–Trinajstić information content (AvgIpc) is 3.18. The SMILES string of the molecule is CN1CCn2ncc(CNC(=O)c3ccc(-c4cccc(CN)c4)cc3)c2C1=O. The van der Waals surface area contributed by atoms with Gasteiger partial charge in [-0.25, -0.2) is 0 Å². The zero-order chi connectivity index (χ0) is 20.4. The second kappa shape index (κ2) is 7.89. The van der Waals surface area contributed by atoms with Crippen molar-refractivity contribution in [3.63, 3.8) is 0 Å². The Kier molecular flexibility index (Phi) is 5.14. The maximum Gasteiger partial charge on any atom is 0.272 e. The fourth-order valence-corrected chi connectivity index (χ4v) is 3.47. The van der Waals surface area contributed by atoms with E-state index in [2.05, 4.69) is 10.4 Å². The summed E-state index contributed by atoms with van der Waals surface area (Å²) in [6, 6.07) is 15.5. The monoisotopic (exact) mass is 389 g/mol. The van der Waals surface area contributed by atoms with Gasteiger partial charge in [-0.05, 0) is 34.9 Å². The molecule has 1 aliphatic heterocycles. The third kappa shape index (κ3) is 3.77. The van der Waals surface area contributed by atoms with E-state index < -0.39 is 0 Å². The summed E-state index contributed by atoms with van der Waals surface area (Å²) in [7, 11) is 1.77. The van der Waals surface area contributed by atoms with Crippen LogP contribution in [-0.2, 0) is 19.6 Å². The number of carbonyl (C=O) groups excluding carboxylic acids is 2. The molecule has 7 nitrogen and oxygen atoms in total. The standard InChI is InChI=1S/C22H23N5O2/c1-26-9-10-27-20(22(26)29)19(14-25-27)13-24-21(28)17-7-5-16(6-8-17)18-4-2-3-15(11-18)12-23/h2-8,11,14H,9-10,12-13,23H2,1H3,(H,24,28). The third-order valence-electron chi connectivity index (χ3n) is 5.19. The van der Waals surface area contributed by atoms with Crippen molar-refractivity contribution in [2.24, 2.45) is 5.73 Å². The highest BCUT2D eigenvalue weighted by Gasteiger charge is 2.26. The van der Waals surface area contributed by atoms with E-state index in [1.165, 1.54) is 0 Å². The summed E-state index contributed by atoms with van der Waals surface area (Å²) in [5.41, 5.74) is 10.7. The first-order chi connectivity index (χ1) is 14.1. The van der Waals surface area contributed by atoms with E-state index in [4.69, 9.17) is 5.73 Å². The topological polar surface area (TPSA) is 93.2 Å². The van der Waals surface area contributed by atoms with E-state index in [9.17, 15) is 9.59 Å². The molecule has 2 amide bonds. The minimum Gasteiger partial charge on any atom is -0.348 e. The lowest BCUT2D eigenvalue weighted by Crippen LogP contribution is -2.38. The Bertz CT molecular complexity index is 1060. The summed E-state index contributed by atoms with van der Waals surface area (Å²) in [6.07, 6.45) is 1.65. The average molecular weight is 389 g/mol. The van der Waals surface area contributed by atoms with Gasteiger partial charge in [0.15, 0.2) is 0 Å². The number of nitrogens with one attached hydrogen (secondary N) is 1. The van der Waals surface area contributed by atoms with Crippen LogP contribution in [-0.4, -0.2) is 40.1 Å². The Morgan fingerprint density at radius 3 is 2.69 bits per heavy atom. The Balaban J connectivity index is 1.45. The van der Waals surface area contributed by atoms with Crippen molar-refractivity contribution in [1.82, 2.24) is 20.0 Å². The van der Waals surface area contributed by atoms with Gasteiger partial charge in [0.2, 0.25) is 0 Å². The number of hydrogen-bond acceptors (Lipinski definition) is 4. The van der Waals surface area contributed by atoms with Crippen molar-refractivity contribution >= 4 is 11.8 Å². The summed E-state index contributed by atoms with van der Waals surface area (Å²) in [5.74, 6) is -0.258. The molecule has 1 aliphatic rings. The summed E-state index contributed by atoms with van der Waals surface area (Å²) < 4.78 is 1.70. The van der Waals surface area contributed by atoms with E-state index in [-0.39, 0.29) is 18.4 Å². The first-order valence-corrected chi connectivity index (χ1v) is 9.54. The maximum absolute atomic E-state index is 12.6. The number of benzene rings is 2. The van der Waals surface area contributed by atoms with Gasteiger partial charge in [0.25, 0.3) is 11.8 Å². The van der Waals surface area contributed by atoms with Gasteiger partial charge in [-0.2, -0.15) is 5.10 Å². The predicted octanol–water partition coefficient (Wildman–Crippen LogP) is 2.02. The molecule has 0 fully saturated rings. The van der Waals surface area contributed by atoms with Gasteiger partial charge in [0.05, 0.1) is 12.7 Å². The van der Waals surface area contributed by atoms with Gasteiger partial charge < -0.3 is 16.0 Å². The normalized spacial score (nSPS) is 13.3. The first kappa shape index (κ1) is 18.9. The molecule has 0 radical (unpaired) electrons. The van der Waals surface area contributed by atoms with Crippen molar-refractivity contribution in [2.75, 3.05) is 13.6 Å². The molecule has 148 valence electrons. The van der Waals surface area contributed by atoms with E-state index in [0.717, 1.165) is 22.3 Å². The molecule has 2 heterocycles. The number of amides is 2. The zero-order valence-electron chi connectivity index (χ0n) is 16.3. The van der Waals surface area contributed by atoms with Crippen molar-refractivity contribution in [3.8, 4) is 11.1 Å². The van der Waals surface area contributed by atoms with Gasteiger partial charge in [-0.3, -0.25) is 14.3 Å². The van der Waals surface area contributed by atoms with Crippen molar-refractivity contribution in [2.45, 2.75) is 19.6 Å². The molecule has 0 aliphatic carbocycles. The molecule has 1 aromatic heterocycles. The molecule has 2 aromatic carbocycles. The van der Waals surface area contributed by atoms with Crippen LogP contribution in [0, 0.1) is 0 Å². The minimum absolute atomic E-state index is 0.0675. The van der Waals surface area contributed by atoms with Crippen molar-refractivity contribution in [3.05, 3.63) is 77.1 Å². The van der Waals surface area contributed by atoms with Crippen LogP contribution in [0.4, 0.5) is 0 Å². The molecule has 7 heteroatoms. The molecular formula is C22H23N5O2. The molecule has 0 unspecified atom stereocenters. The number of nitrogens with zero attached hydrogens (tertiary/aromatic N) is 3. The smallest absolute Gasteiger partial charge is 0.272 e. The zero-order valence-corrected chi connectivity index (χ0v) is 16.3. The number of fused-ring (bicyclic) bond motifs is 1.